The van der Waals surface area contributed by atoms with Crippen molar-refractivity contribution < 1.29 is 9.53 Å². The summed E-state index contributed by atoms with van der Waals surface area (Å²) in [4.78, 5) is 13.5. The van der Waals surface area contributed by atoms with Gasteiger partial charge in [-0.1, -0.05) is 11.6 Å². The number of rotatable bonds is 4. The first-order valence-electron chi connectivity index (χ1n) is 7.83. The second-order valence-electron chi connectivity index (χ2n) is 6.89. The van der Waals surface area contributed by atoms with Crippen LogP contribution in [0.5, 0.6) is 0 Å². The summed E-state index contributed by atoms with van der Waals surface area (Å²) in [6.07, 6.45) is 8.60. The Morgan fingerprint density at radius 2 is 2.15 bits per heavy atom. The molecule has 1 aliphatic heterocycles. The molecular formula is C16H28N2O2. The molecule has 1 heterocycles. The maximum Gasteiger partial charge on any atom is 0.410 e. The van der Waals surface area contributed by atoms with Crippen LogP contribution in [0.1, 0.15) is 52.9 Å². The average molecular weight is 280 g/mol. The highest BCUT2D eigenvalue weighted by Crippen LogP contribution is 2.20. The van der Waals surface area contributed by atoms with Crippen molar-refractivity contribution in [1.82, 2.24) is 10.2 Å². The van der Waals surface area contributed by atoms with Crippen LogP contribution in [0.3, 0.4) is 0 Å². The summed E-state index contributed by atoms with van der Waals surface area (Å²) in [5, 5.41) is 3.52. The minimum Gasteiger partial charge on any atom is -0.444 e. The highest BCUT2D eigenvalue weighted by atomic mass is 16.6. The van der Waals surface area contributed by atoms with Crippen molar-refractivity contribution in [2.45, 2.75) is 64.5 Å². The van der Waals surface area contributed by atoms with Crippen LogP contribution in [-0.4, -0.2) is 42.3 Å². The predicted molar refractivity (Wildman–Crippen MR) is 80.8 cm³/mol. The number of hydrogen-bond donors (Lipinski definition) is 1. The summed E-state index contributed by atoms with van der Waals surface area (Å²) < 4.78 is 5.34. The Morgan fingerprint density at radius 3 is 2.75 bits per heavy atom. The third-order valence-corrected chi connectivity index (χ3v) is 3.80. The molecule has 0 spiro atoms. The molecule has 0 atom stereocenters. The van der Waals surface area contributed by atoms with Crippen molar-refractivity contribution in [2.75, 3.05) is 19.6 Å². The van der Waals surface area contributed by atoms with E-state index < -0.39 is 5.60 Å². The average Bonchev–Trinajstić information content (AvgIpc) is 2.31. The number of carbonyl (C=O) groups is 1. The van der Waals surface area contributed by atoms with Crippen molar-refractivity contribution >= 4 is 6.09 Å². The molecule has 0 aromatic heterocycles. The predicted octanol–water partition coefficient (Wildman–Crippen LogP) is 3.09. The topological polar surface area (TPSA) is 41.6 Å². The quantitative estimate of drug-likeness (QED) is 0.805. The third-order valence-electron chi connectivity index (χ3n) is 3.80. The molecule has 4 nitrogen and oxygen atoms in total. The smallest absolute Gasteiger partial charge is 0.410 e. The molecule has 4 heteroatoms. The number of ether oxygens (including phenoxy) is 1. The molecular weight excluding hydrogens is 252 g/mol. The molecule has 0 aromatic carbocycles. The van der Waals surface area contributed by atoms with E-state index in [1.807, 2.05) is 20.8 Å². The first-order valence-corrected chi connectivity index (χ1v) is 7.83. The number of nitrogens with zero attached hydrogens (tertiary/aromatic N) is 1. The summed E-state index contributed by atoms with van der Waals surface area (Å²) in [6.45, 7) is 8.27. The van der Waals surface area contributed by atoms with Crippen molar-refractivity contribution in [2.24, 2.45) is 0 Å². The molecule has 0 unspecified atom stereocenters. The number of likely N-dealkylation sites (tertiary alicyclic amines) is 1. The van der Waals surface area contributed by atoms with Crippen molar-refractivity contribution in [1.29, 1.82) is 0 Å². The molecule has 0 bridgehead atoms. The number of carbonyl (C=O) groups excluding carboxylic acids is 1. The molecule has 2 aliphatic rings. The first kappa shape index (κ1) is 15.4. The molecule has 1 aliphatic carbocycles. The minimum absolute atomic E-state index is 0.189. The van der Waals surface area contributed by atoms with E-state index in [1.165, 1.54) is 25.7 Å². The van der Waals surface area contributed by atoms with E-state index in [2.05, 4.69) is 11.4 Å². The van der Waals surface area contributed by atoms with Crippen LogP contribution in [0.4, 0.5) is 4.79 Å². The zero-order valence-electron chi connectivity index (χ0n) is 13.1. The van der Waals surface area contributed by atoms with Crippen LogP contribution in [0.15, 0.2) is 11.6 Å². The van der Waals surface area contributed by atoms with E-state index in [4.69, 9.17) is 4.74 Å². The zero-order valence-corrected chi connectivity index (χ0v) is 13.1. The first-order chi connectivity index (χ1) is 9.44. The lowest BCUT2D eigenvalue weighted by Crippen LogP contribution is -2.60. The van der Waals surface area contributed by atoms with Gasteiger partial charge in [-0.25, -0.2) is 4.79 Å². The number of amides is 1. The lowest BCUT2D eigenvalue weighted by atomic mass is 9.97. The van der Waals surface area contributed by atoms with Crippen molar-refractivity contribution in [3.63, 3.8) is 0 Å². The summed E-state index contributed by atoms with van der Waals surface area (Å²) in [5.41, 5.74) is 1.20. The fraction of sp³-hybridized carbons (Fsp3) is 0.812. The van der Waals surface area contributed by atoms with E-state index in [1.54, 1.807) is 10.5 Å². The molecule has 2 rings (SSSR count). The maximum absolute atomic E-state index is 11.8. The summed E-state index contributed by atoms with van der Waals surface area (Å²) in [5.74, 6) is 0. The number of hydrogen-bond acceptors (Lipinski definition) is 3. The zero-order chi connectivity index (χ0) is 14.6. The van der Waals surface area contributed by atoms with Gasteiger partial charge in [0.1, 0.15) is 5.60 Å². The van der Waals surface area contributed by atoms with Crippen molar-refractivity contribution in [3.8, 4) is 0 Å². The molecule has 0 aromatic rings. The second kappa shape index (κ2) is 6.61. The van der Waals surface area contributed by atoms with Gasteiger partial charge in [-0.05, 0) is 59.4 Å². The molecule has 0 radical (unpaired) electrons. The van der Waals surface area contributed by atoms with Gasteiger partial charge in [0.05, 0.1) is 0 Å². The fourth-order valence-electron chi connectivity index (χ4n) is 2.65. The van der Waals surface area contributed by atoms with E-state index in [-0.39, 0.29) is 6.09 Å². The molecule has 20 heavy (non-hydrogen) atoms. The van der Waals surface area contributed by atoms with Gasteiger partial charge in [0.15, 0.2) is 0 Å². The van der Waals surface area contributed by atoms with Gasteiger partial charge in [0.2, 0.25) is 0 Å². The van der Waals surface area contributed by atoms with Crippen molar-refractivity contribution in [3.05, 3.63) is 11.6 Å². The molecule has 0 saturated carbocycles. The molecule has 1 saturated heterocycles. The van der Waals surface area contributed by atoms with Crippen LogP contribution in [-0.2, 0) is 4.74 Å². The maximum atomic E-state index is 11.8. The van der Waals surface area contributed by atoms with Gasteiger partial charge in [-0.15, -0.1) is 0 Å². The Morgan fingerprint density at radius 1 is 1.40 bits per heavy atom. The Labute approximate surface area is 122 Å². The summed E-state index contributed by atoms with van der Waals surface area (Å²) >= 11 is 0. The van der Waals surface area contributed by atoms with Gasteiger partial charge in [0, 0.05) is 19.1 Å². The number of nitrogens with one attached hydrogen (secondary N) is 1. The van der Waals surface area contributed by atoms with Gasteiger partial charge in [0.25, 0.3) is 0 Å². The Bertz CT molecular complexity index is 365. The normalized spacial score (nSPS) is 20.4. The lowest BCUT2D eigenvalue weighted by Gasteiger charge is -2.40. The summed E-state index contributed by atoms with van der Waals surface area (Å²) in [6, 6.07) is 0.437. The van der Waals surface area contributed by atoms with E-state index in [0.29, 0.717) is 6.04 Å². The van der Waals surface area contributed by atoms with Gasteiger partial charge in [-0.2, -0.15) is 0 Å². The lowest BCUT2D eigenvalue weighted by molar-refractivity contribution is 0.00541. The Kier molecular flexibility index (Phi) is 5.08. The van der Waals surface area contributed by atoms with E-state index in [9.17, 15) is 4.79 Å². The van der Waals surface area contributed by atoms with Crippen LogP contribution < -0.4 is 5.32 Å². The highest BCUT2D eigenvalue weighted by Gasteiger charge is 2.33. The molecule has 114 valence electrons. The van der Waals surface area contributed by atoms with Crippen LogP contribution in [0, 0.1) is 0 Å². The standard InChI is InChI=1S/C16H28N2O2/c1-16(2,3)20-15(19)18-11-14(12-18)17-10-9-13-7-5-4-6-8-13/h7,14,17H,4-6,8-12H2,1-3H3. The SMILES string of the molecule is CC(C)(C)OC(=O)N1CC(NCCC2=CCCCC2)C1. The minimum atomic E-state index is -0.400. The third kappa shape index (κ3) is 4.82. The fourth-order valence-corrected chi connectivity index (χ4v) is 2.65. The van der Waals surface area contributed by atoms with Crippen LogP contribution in [0.25, 0.3) is 0 Å². The van der Waals surface area contributed by atoms with Crippen LogP contribution >= 0.6 is 0 Å². The van der Waals surface area contributed by atoms with Crippen LogP contribution in [0.2, 0.25) is 0 Å². The van der Waals surface area contributed by atoms with E-state index in [0.717, 1.165) is 26.1 Å². The Hall–Kier alpha value is -1.03. The van der Waals surface area contributed by atoms with E-state index >= 15 is 0 Å². The van der Waals surface area contributed by atoms with Gasteiger partial charge >= 0.3 is 6.09 Å². The molecule has 1 N–H and O–H groups in total. The Balaban J connectivity index is 1.57. The largest absolute Gasteiger partial charge is 0.444 e. The number of allylic oxidation sites excluding steroid dienone is 1. The second-order valence-corrected chi connectivity index (χ2v) is 6.89. The molecule has 1 fully saturated rings. The van der Waals surface area contributed by atoms with Gasteiger partial charge < -0.3 is 15.0 Å². The monoisotopic (exact) mass is 280 g/mol. The highest BCUT2D eigenvalue weighted by molar-refractivity contribution is 5.69. The van der Waals surface area contributed by atoms with Gasteiger partial charge in [-0.3, -0.25) is 0 Å². The summed E-state index contributed by atoms with van der Waals surface area (Å²) in [7, 11) is 0. The molecule has 1 amide bonds.